The number of likely N-dealkylation sites (tertiary alicyclic amines) is 1. The van der Waals surface area contributed by atoms with Crippen molar-refractivity contribution in [3.05, 3.63) is 94.1 Å². The number of imide groups is 2. The Hall–Kier alpha value is -7.06. The first-order chi connectivity index (χ1) is 33.2. The van der Waals surface area contributed by atoms with Crippen molar-refractivity contribution in [1.82, 2.24) is 40.1 Å². The predicted octanol–water partition coefficient (Wildman–Crippen LogP) is 3.27. The molecule has 0 radical (unpaired) electrons. The molecule has 0 spiro atoms. The lowest BCUT2D eigenvalue weighted by atomic mass is 9.92. The number of nitrogens with one attached hydrogen (secondary N) is 5. The molecular weight excluding hydrogens is 879 g/mol. The molecule has 364 valence electrons. The molecule has 0 aromatic heterocycles. The summed E-state index contributed by atoms with van der Waals surface area (Å²) in [5, 5.41) is 21.6. The summed E-state index contributed by atoms with van der Waals surface area (Å²) in [6, 6.07) is 9.04. The summed E-state index contributed by atoms with van der Waals surface area (Å²) in [6.07, 6.45) is 10.6. The molecule has 7 aliphatic rings. The number of allylic oxidation sites excluding steroid dienone is 4. The fourth-order valence-corrected chi connectivity index (χ4v) is 10.9. The number of guanidine groups is 1. The maximum Gasteiger partial charge on any atom is 0.262 e. The highest BCUT2D eigenvalue weighted by Gasteiger charge is 2.45. The summed E-state index contributed by atoms with van der Waals surface area (Å²) in [5.41, 5.74) is 26.2. The van der Waals surface area contributed by atoms with E-state index in [1.54, 1.807) is 51.2 Å². The Balaban J connectivity index is 0.721. The fraction of sp³-hybridized carbons (Fsp3) is 0.469. The van der Waals surface area contributed by atoms with Crippen LogP contribution in [0.2, 0.25) is 0 Å². The van der Waals surface area contributed by atoms with Crippen LogP contribution in [0.3, 0.4) is 0 Å². The Morgan fingerprint density at radius 3 is 2.20 bits per heavy atom. The molecule has 0 aliphatic carbocycles. The highest BCUT2D eigenvalue weighted by Crippen LogP contribution is 2.34. The largest absolute Gasteiger partial charge is 0.398 e. The van der Waals surface area contributed by atoms with E-state index in [0.29, 0.717) is 56.9 Å². The number of benzene rings is 2. The number of piperazine rings is 1. The molecule has 4 fully saturated rings. The maximum absolute atomic E-state index is 13.6. The average molecular weight is 942 g/mol. The van der Waals surface area contributed by atoms with Gasteiger partial charge in [0.2, 0.25) is 17.8 Å². The van der Waals surface area contributed by atoms with Gasteiger partial charge in [0.15, 0.2) is 0 Å². The second kappa shape index (κ2) is 19.5. The van der Waals surface area contributed by atoms with E-state index in [4.69, 9.17) is 22.4 Å². The van der Waals surface area contributed by atoms with E-state index in [0.717, 1.165) is 100 Å². The van der Waals surface area contributed by atoms with Gasteiger partial charge >= 0.3 is 0 Å². The summed E-state index contributed by atoms with van der Waals surface area (Å²) in [7, 11) is 1.67. The molecule has 69 heavy (non-hydrogen) atoms. The van der Waals surface area contributed by atoms with Crippen molar-refractivity contribution in [2.24, 2.45) is 22.8 Å². The molecule has 9 rings (SSSR count). The van der Waals surface area contributed by atoms with Gasteiger partial charge in [0.1, 0.15) is 11.9 Å². The van der Waals surface area contributed by atoms with Crippen LogP contribution in [0, 0.1) is 22.8 Å². The number of nitrogens with zero attached hydrogens (tertiary/aromatic N) is 8. The summed E-state index contributed by atoms with van der Waals surface area (Å²) in [6.45, 7) is 13.4. The van der Waals surface area contributed by atoms with Gasteiger partial charge in [0.25, 0.3) is 17.7 Å². The van der Waals surface area contributed by atoms with E-state index in [-0.39, 0.29) is 30.6 Å². The average Bonchev–Trinajstić information content (AvgIpc) is 3.60. The Labute approximate surface area is 402 Å². The van der Waals surface area contributed by atoms with E-state index in [2.05, 4.69) is 46.8 Å². The summed E-state index contributed by atoms with van der Waals surface area (Å²) in [5.74, 6) is -0.0493. The molecule has 0 bridgehead atoms. The maximum atomic E-state index is 13.6. The van der Waals surface area contributed by atoms with Crippen molar-refractivity contribution >= 4 is 58.3 Å². The number of amides is 5. The number of rotatable bonds is 11. The van der Waals surface area contributed by atoms with Crippen molar-refractivity contribution in [2.75, 3.05) is 88.4 Å². The molecule has 7 aliphatic heterocycles. The number of fused-ring (bicyclic) bond motifs is 1. The van der Waals surface area contributed by atoms with Gasteiger partial charge in [-0.1, -0.05) is 5.22 Å². The highest BCUT2D eigenvalue weighted by atomic mass is 16.2. The van der Waals surface area contributed by atoms with E-state index < -0.39 is 29.8 Å². The van der Waals surface area contributed by atoms with Crippen LogP contribution in [0.25, 0.3) is 5.70 Å². The Morgan fingerprint density at radius 1 is 0.855 bits per heavy atom. The Kier molecular flexibility index (Phi) is 13.3. The zero-order valence-electron chi connectivity index (χ0n) is 39.6. The van der Waals surface area contributed by atoms with Gasteiger partial charge in [-0.15, -0.1) is 0 Å². The van der Waals surface area contributed by atoms with Crippen LogP contribution in [-0.4, -0.2) is 150 Å². The monoisotopic (exact) mass is 942 g/mol. The van der Waals surface area contributed by atoms with E-state index in [1.807, 2.05) is 18.3 Å². The first-order valence-electron chi connectivity index (χ1n) is 24.0. The number of anilines is 3. The third kappa shape index (κ3) is 9.42. The minimum absolute atomic E-state index is 0.0171. The molecule has 2 atom stereocenters. The van der Waals surface area contributed by atoms with Crippen molar-refractivity contribution in [3.63, 3.8) is 0 Å². The molecule has 20 heteroatoms. The lowest BCUT2D eigenvalue weighted by Crippen LogP contribution is -2.54. The first-order valence-corrected chi connectivity index (χ1v) is 24.0. The van der Waals surface area contributed by atoms with Gasteiger partial charge in [-0.25, -0.2) is 5.01 Å². The van der Waals surface area contributed by atoms with Crippen LogP contribution in [0.4, 0.5) is 17.1 Å². The minimum atomic E-state index is -0.969. The molecule has 4 saturated heterocycles. The van der Waals surface area contributed by atoms with Crippen LogP contribution >= 0.6 is 0 Å². The van der Waals surface area contributed by atoms with Gasteiger partial charge in [0.05, 0.1) is 22.7 Å². The number of nitrogen functional groups attached to an aromatic ring is 1. The number of carbonyl (C=O) groups excluding carboxylic acids is 5. The lowest BCUT2D eigenvalue weighted by molar-refractivity contribution is -0.136. The van der Waals surface area contributed by atoms with Crippen LogP contribution in [-0.2, 0) is 14.4 Å². The van der Waals surface area contributed by atoms with Crippen LogP contribution in [0.15, 0.2) is 82.6 Å². The van der Waals surface area contributed by atoms with Gasteiger partial charge in [-0.05, 0) is 119 Å². The molecule has 0 saturated carbocycles. The molecule has 20 nitrogen and oxygen atoms in total. The molecule has 2 aromatic rings. The SMILES string of the molecule is CC1=C(C(=O)Nc2ccc(N)c(/C(N)=C3\C=CNC(N4CCN(CC5CCN(CC6CCN(c7ccc8c(c7)C(=O)N(C7CCC(=O)NC7=O)C8=O)CC6)CC5)CC4)=C3)c2)[C@H](C)N(N=N)C(=N)N1C. The molecule has 1 unspecified atom stereocenters. The van der Waals surface area contributed by atoms with Gasteiger partial charge < -0.3 is 41.7 Å². The van der Waals surface area contributed by atoms with E-state index in [9.17, 15) is 24.0 Å². The number of piperidine rings is 3. The smallest absolute Gasteiger partial charge is 0.262 e. The van der Waals surface area contributed by atoms with Crippen LogP contribution in [0.5, 0.6) is 0 Å². The second-order valence-electron chi connectivity index (χ2n) is 19.3. The molecule has 5 amide bonds. The topological polar surface area (TPSA) is 256 Å². The van der Waals surface area contributed by atoms with Crippen molar-refractivity contribution < 1.29 is 24.0 Å². The lowest BCUT2D eigenvalue weighted by Gasteiger charge is -2.41. The summed E-state index contributed by atoms with van der Waals surface area (Å²) < 4.78 is 0. The van der Waals surface area contributed by atoms with Crippen molar-refractivity contribution in [2.45, 2.75) is 64.5 Å². The zero-order chi connectivity index (χ0) is 48.7. The molecule has 9 N–H and O–H groups in total. The summed E-state index contributed by atoms with van der Waals surface area (Å²) >= 11 is 0. The van der Waals surface area contributed by atoms with E-state index >= 15 is 0 Å². The predicted molar refractivity (Wildman–Crippen MR) is 261 cm³/mol. The molecule has 7 heterocycles. The van der Waals surface area contributed by atoms with Crippen LogP contribution in [0.1, 0.15) is 78.7 Å². The van der Waals surface area contributed by atoms with Crippen molar-refractivity contribution in [1.29, 1.82) is 10.9 Å². The fourth-order valence-electron chi connectivity index (χ4n) is 10.9. The minimum Gasteiger partial charge on any atom is -0.398 e. The number of hydrogen-bond donors (Lipinski definition) is 7. The van der Waals surface area contributed by atoms with Gasteiger partial charge in [-0.3, -0.25) is 44.5 Å². The van der Waals surface area contributed by atoms with E-state index in [1.165, 1.54) is 22.8 Å². The number of dihydropyridines is 1. The van der Waals surface area contributed by atoms with Crippen LogP contribution < -0.4 is 32.3 Å². The normalized spacial score (nSPS) is 24.1. The third-order valence-electron chi connectivity index (χ3n) is 15.1. The highest BCUT2D eigenvalue weighted by molar-refractivity contribution is 6.23. The number of carbonyl (C=O) groups is 5. The molecular formula is C49H63N15O5. The third-order valence-corrected chi connectivity index (χ3v) is 15.1. The van der Waals surface area contributed by atoms with Gasteiger partial charge in [0, 0.05) is 112 Å². The first kappa shape index (κ1) is 47.0. The zero-order valence-corrected chi connectivity index (χ0v) is 39.6. The second-order valence-corrected chi connectivity index (χ2v) is 19.3. The van der Waals surface area contributed by atoms with Gasteiger partial charge in [-0.2, -0.15) is 5.53 Å². The Morgan fingerprint density at radius 2 is 1.52 bits per heavy atom. The summed E-state index contributed by atoms with van der Waals surface area (Å²) in [4.78, 5) is 76.7. The molecule has 2 aromatic carbocycles. The quantitative estimate of drug-likeness (QED) is 0.0971. The number of nitrogens with two attached hydrogens (primary N) is 2. The number of hydrogen-bond acceptors (Lipinski definition) is 15. The Bertz CT molecular complexity index is 2580. The standard InChI is InChI=1S/C49H63N15O5/c1-29-43(30(2)64(57-53)49(52)58(29)3)46(67)55-34-4-7-39(50)38(25-34)44(51)33-10-15-54-41(24-33)62-22-20-60(21-23-62)28-31-11-16-59(17-12-31)27-32-13-18-61(19-14-32)35-5-6-36-37(26-35)48(69)63(47(36)68)40-8-9-42(65)56-45(40)66/h4-7,10,15,24-26,30-32,40,52-54H,8-9,11-14,16-23,27-28,50-51H2,1-3H3,(H,55,67)(H,56,65,66)/b44-33-,52-49?,57-53?/t30-,40?/m0/s1. The van der Waals surface area contributed by atoms with Crippen molar-refractivity contribution in [3.8, 4) is 0 Å².